The molecule has 1 aliphatic rings. The zero-order valence-electron chi connectivity index (χ0n) is 21.3. The Morgan fingerprint density at radius 2 is 1.88 bits per heavy atom. The second kappa shape index (κ2) is 10.9. The number of aromatic nitrogens is 4. The second-order valence-electron chi connectivity index (χ2n) is 9.47. The van der Waals surface area contributed by atoms with Crippen molar-refractivity contribution in [3.63, 3.8) is 0 Å². The fourth-order valence-corrected chi connectivity index (χ4v) is 4.24. The van der Waals surface area contributed by atoms with Gasteiger partial charge in [-0.3, -0.25) is 9.89 Å². The molecule has 208 valence electrons. The molecule has 0 spiro atoms. The molecule has 0 saturated carbocycles. The first-order chi connectivity index (χ1) is 19.0. The molecule has 0 aliphatic carbocycles. The van der Waals surface area contributed by atoms with Gasteiger partial charge < -0.3 is 20.6 Å². The van der Waals surface area contributed by atoms with Crippen molar-refractivity contribution >= 4 is 29.0 Å². The Morgan fingerprint density at radius 1 is 1.07 bits per heavy atom. The summed E-state index contributed by atoms with van der Waals surface area (Å²) in [6, 6.07) is 11.8. The molecular formula is C27H25F4N7O2. The summed E-state index contributed by atoms with van der Waals surface area (Å²) in [6.45, 7) is 2.81. The zero-order valence-corrected chi connectivity index (χ0v) is 21.3. The van der Waals surface area contributed by atoms with Gasteiger partial charge in [0, 0.05) is 36.5 Å². The molecule has 0 radical (unpaired) electrons. The number of nitrogens with one attached hydrogen (secondary N) is 3. The highest BCUT2D eigenvalue weighted by Gasteiger charge is 2.31. The number of amides is 1. The SMILES string of the molecule is Cc1nc(Nc2cc(CCc3ccc(F)c(NC(=O)c4cccc(C(F)(F)F)c4)c3)[nH]n2)cc(N2CC(O)C2)n1. The lowest BCUT2D eigenvalue weighted by atomic mass is 10.1. The summed E-state index contributed by atoms with van der Waals surface area (Å²) >= 11 is 0. The minimum Gasteiger partial charge on any atom is -0.389 e. The molecule has 9 nitrogen and oxygen atoms in total. The van der Waals surface area contributed by atoms with E-state index < -0.39 is 23.5 Å². The maximum Gasteiger partial charge on any atom is 0.416 e. The molecule has 1 saturated heterocycles. The average molecular weight is 556 g/mol. The van der Waals surface area contributed by atoms with Crippen molar-refractivity contribution in [2.75, 3.05) is 28.6 Å². The summed E-state index contributed by atoms with van der Waals surface area (Å²) in [4.78, 5) is 23.2. The third kappa shape index (κ3) is 6.37. The van der Waals surface area contributed by atoms with Gasteiger partial charge in [-0.25, -0.2) is 14.4 Å². The van der Waals surface area contributed by atoms with Crippen molar-refractivity contribution in [1.82, 2.24) is 20.2 Å². The van der Waals surface area contributed by atoms with Gasteiger partial charge in [0.05, 0.1) is 17.4 Å². The number of β-amino-alcohol motifs (C(OH)–C–C–N with tert-alkyl or cyclic N) is 1. The van der Waals surface area contributed by atoms with Crippen LogP contribution in [0.4, 0.5) is 40.7 Å². The number of alkyl halides is 3. The number of carbonyl (C=O) groups is 1. The van der Waals surface area contributed by atoms with Crippen molar-refractivity contribution in [3.8, 4) is 0 Å². The number of aromatic amines is 1. The normalized spacial score (nSPS) is 13.7. The van der Waals surface area contributed by atoms with Crippen LogP contribution in [0.1, 0.15) is 33.0 Å². The average Bonchev–Trinajstić information content (AvgIpc) is 3.33. The number of halogens is 4. The van der Waals surface area contributed by atoms with E-state index in [4.69, 9.17) is 0 Å². The van der Waals surface area contributed by atoms with E-state index in [1.807, 2.05) is 11.0 Å². The van der Waals surface area contributed by atoms with Gasteiger partial charge in [0.2, 0.25) is 0 Å². The van der Waals surface area contributed by atoms with Crippen LogP contribution in [-0.2, 0) is 19.0 Å². The van der Waals surface area contributed by atoms with Crippen LogP contribution in [0, 0.1) is 12.7 Å². The number of aliphatic hydroxyl groups is 1. The fraction of sp³-hybridized carbons (Fsp3) is 0.259. The Balaban J connectivity index is 1.21. The van der Waals surface area contributed by atoms with Crippen LogP contribution >= 0.6 is 0 Å². The van der Waals surface area contributed by atoms with E-state index in [1.165, 1.54) is 18.2 Å². The molecule has 1 amide bonds. The van der Waals surface area contributed by atoms with Crippen molar-refractivity contribution in [3.05, 3.63) is 88.6 Å². The standard InChI is InChI=1S/C27H25F4N7O2/c1-15-32-23(12-25(33-15)38-13-20(39)14-38)35-24-11-19(36-37-24)7-5-16-6-8-21(28)22(9-16)34-26(40)17-3-2-4-18(10-17)27(29,30)31/h2-4,6,8-12,20,39H,5,7,13-14H2,1H3,(H,34,40)(H2,32,33,35,36,37). The van der Waals surface area contributed by atoms with Crippen LogP contribution in [-0.4, -0.2) is 50.4 Å². The second-order valence-corrected chi connectivity index (χ2v) is 9.47. The number of aliphatic hydroxyl groups excluding tert-OH is 1. The summed E-state index contributed by atoms with van der Waals surface area (Å²) in [5.41, 5.74) is 0.173. The van der Waals surface area contributed by atoms with E-state index in [-0.39, 0.29) is 17.4 Å². The lowest BCUT2D eigenvalue weighted by Crippen LogP contribution is -2.51. The summed E-state index contributed by atoms with van der Waals surface area (Å²) in [5.74, 6) is 0.828. The molecule has 0 atom stereocenters. The summed E-state index contributed by atoms with van der Waals surface area (Å²) in [7, 11) is 0. The Hall–Kier alpha value is -4.52. The topological polar surface area (TPSA) is 119 Å². The maximum absolute atomic E-state index is 14.4. The predicted molar refractivity (Wildman–Crippen MR) is 140 cm³/mol. The number of anilines is 4. The van der Waals surface area contributed by atoms with Gasteiger partial charge in [0.15, 0.2) is 5.82 Å². The monoisotopic (exact) mass is 555 g/mol. The van der Waals surface area contributed by atoms with Crippen LogP contribution < -0.4 is 15.5 Å². The largest absolute Gasteiger partial charge is 0.416 e. The molecule has 40 heavy (non-hydrogen) atoms. The van der Waals surface area contributed by atoms with Gasteiger partial charge in [-0.1, -0.05) is 12.1 Å². The number of carbonyl (C=O) groups excluding carboxylic acids is 1. The Bertz CT molecular complexity index is 1530. The molecule has 13 heteroatoms. The molecule has 5 rings (SSSR count). The van der Waals surface area contributed by atoms with Gasteiger partial charge in [0.25, 0.3) is 5.91 Å². The van der Waals surface area contributed by atoms with Crippen LogP contribution in [0.3, 0.4) is 0 Å². The number of hydrogen-bond donors (Lipinski definition) is 4. The third-order valence-corrected chi connectivity index (χ3v) is 6.31. The highest BCUT2D eigenvalue weighted by Crippen LogP contribution is 2.30. The molecule has 2 aromatic heterocycles. The van der Waals surface area contributed by atoms with Crippen molar-refractivity contribution in [2.24, 2.45) is 0 Å². The Kier molecular flexibility index (Phi) is 7.39. The number of H-pyrrole nitrogens is 1. The van der Waals surface area contributed by atoms with Gasteiger partial charge in [-0.15, -0.1) is 0 Å². The molecular weight excluding hydrogens is 530 g/mol. The lowest BCUT2D eigenvalue weighted by molar-refractivity contribution is -0.137. The van der Waals surface area contributed by atoms with Crippen LogP contribution in [0.15, 0.2) is 54.6 Å². The molecule has 1 aliphatic heterocycles. The van der Waals surface area contributed by atoms with Crippen LogP contribution in [0.5, 0.6) is 0 Å². The first-order valence-corrected chi connectivity index (χ1v) is 12.4. The van der Waals surface area contributed by atoms with Gasteiger partial charge in [0.1, 0.15) is 23.3 Å². The van der Waals surface area contributed by atoms with Crippen molar-refractivity contribution in [2.45, 2.75) is 32.0 Å². The quantitative estimate of drug-likeness (QED) is 0.234. The molecule has 4 N–H and O–H groups in total. The number of rotatable bonds is 8. The van der Waals surface area contributed by atoms with E-state index in [9.17, 15) is 27.5 Å². The van der Waals surface area contributed by atoms with E-state index >= 15 is 0 Å². The van der Waals surface area contributed by atoms with Gasteiger partial charge >= 0.3 is 6.18 Å². The first kappa shape index (κ1) is 27.1. The zero-order chi connectivity index (χ0) is 28.4. The predicted octanol–water partition coefficient (Wildman–Crippen LogP) is 4.63. The molecule has 0 unspecified atom stereocenters. The van der Waals surface area contributed by atoms with Gasteiger partial charge in [-0.2, -0.15) is 18.3 Å². The smallest absolute Gasteiger partial charge is 0.389 e. The molecule has 2 aromatic carbocycles. The van der Waals surface area contributed by atoms with Crippen LogP contribution in [0.25, 0.3) is 0 Å². The number of hydrogen-bond acceptors (Lipinski definition) is 7. The molecule has 1 fully saturated rings. The molecule has 0 bridgehead atoms. The van der Waals surface area contributed by atoms with Gasteiger partial charge in [-0.05, 0) is 55.7 Å². The fourth-order valence-electron chi connectivity index (χ4n) is 4.24. The highest BCUT2D eigenvalue weighted by molar-refractivity contribution is 6.04. The summed E-state index contributed by atoms with van der Waals surface area (Å²) < 4.78 is 53.3. The first-order valence-electron chi connectivity index (χ1n) is 12.4. The third-order valence-electron chi connectivity index (χ3n) is 6.31. The minimum absolute atomic E-state index is 0.128. The summed E-state index contributed by atoms with van der Waals surface area (Å²) in [5, 5.41) is 22.2. The number of aryl methyl sites for hydroxylation is 3. The lowest BCUT2D eigenvalue weighted by Gasteiger charge is -2.36. The molecule has 3 heterocycles. The van der Waals surface area contributed by atoms with E-state index in [1.54, 1.807) is 19.1 Å². The Labute approximate surface area is 226 Å². The summed E-state index contributed by atoms with van der Waals surface area (Å²) in [6.07, 6.45) is -3.97. The van der Waals surface area contributed by atoms with E-state index in [0.29, 0.717) is 54.8 Å². The van der Waals surface area contributed by atoms with Crippen molar-refractivity contribution in [1.29, 1.82) is 0 Å². The highest BCUT2D eigenvalue weighted by atomic mass is 19.4. The van der Waals surface area contributed by atoms with Crippen molar-refractivity contribution < 1.29 is 27.5 Å². The van der Waals surface area contributed by atoms with E-state index in [0.717, 1.165) is 23.9 Å². The van der Waals surface area contributed by atoms with Crippen LogP contribution in [0.2, 0.25) is 0 Å². The Morgan fingerprint density at radius 3 is 2.62 bits per heavy atom. The number of nitrogens with zero attached hydrogens (tertiary/aromatic N) is 4. The minimum atomic E-state index is -4.60. The maximum atomic E-state index is 14.4. The number of benzene rings is 2. The van der Waals surface area contributed by atoms with E-state index in [2.05, 4.69) is 30.8 Å². The molecule has 4 aromatic rings.